The normalized spacial score (nSPS) is 25.1. The zero-order valence-electron chi connectivity index (χ0n) is 11.5. The van der Waals surface area contributed by atoms with Gasteiger partial charge in [0.25, 0.3) is 0 Å². The first-order chi connectivity index (χ1) is 9.09. The number of amides is 1. The highest BCUT2D eigenvalue weighted by Crippen LogP contribution is 2.20. The van der Waals surface area contributed by atoms with Gasteiger partial charge in [-0.15, -0.1) is 0 Å². The minimum absolute atomic E-state index is 0.0148. The Morgan fingerprint density at radius 2 is 2.11 bits per heavy atom. The van der Waals surface area contributed by atoms with Crippen LogP contribution in [0.1, 0.15) is 31.9 Å². The second-order valence-electron chi connectivity index (χ2n) is 5.03. The van der Waals surface area contributed by atoms with E-state index in [9.17, 15) is 9.90 Å². The molecule has 1 N–H and O–H groups in total. The average molecular weight is 263 g/mol. The van der Waals surface area contributed by atoms with E-state index in [1.165, 1.54) is 0 Å². The van der Waals surface area contributed by atoms with Crippen LogP contribution in [-0.4, -0.2) is 41.2 Å². The van der Waals surface area contributed by atoms with Crippen molar-refractivity contribution in [2.75, 3.05) is 13.2 Å². The summed E-state index contributed by atoms with van der Waals surface area (Å²) in [6.07, 6.45) is -0.563. The Kier molecular flexibility index (Phi) is 4.56. The molecule has 1 heterocycles. The summed E-state index contributed by atoms with van der Waals surface area (Å²) in [4.78, 5) is 14.1. The van der Waals surface area contributed by atoms with Crippen molar-refractivity contribution >= 4 is 5.91 Å². The summed E-state index contributed by atoms with van der Waals surface area (Å²) in [7, 11) is 0. The Labute approximate surface area is 114 Å². The van der Waals surface area contributed by atoms with Gasteiger partial charge in [-0.1, -0.05) is 30.3 Å². The monoisotopic (exact) mass is 263 g/mol. The highest BCUT2D eigenvalue weighted by atomic mass is 16.5. The summed E-state index contributed by atoms with van der Waals surface area (Å²) >= 11 is 0. The smallest absolute Gasteiger partial charge is 0.225 e. The first-order valence-electron chi connectivity index (χ1n) is 6.73. The van der Waals surface area contributed by atoms with Crippen molar-refractivity contribution in [2.45, 2.75) is 38.5 Å². The average Bonchev–Trinajstić information content (AvgIpc) is 2.42. The van der Waals surface area contributed by atoms with Crippen molar-refractivity contribution in [3.8, 4) is 0 Å². The summed E-state index contributed by atoms with van der Waals surface area (Å²) in [5, 5.41) is 10.1. The van der Waals surface area contributed by atoms with Gasteiger partial charge in [-0.05, 0) is 19.4 Å². The molecule has 1 aromatic carbocycles. The third-order valence-corrected chi connectivity index (χ3v) is 3.76. The van der Waals surface area contributed by atoms with Crippen LogP contribution in [-0.2, 0) is 9.53 Å². The minimum Gasteiger partial charge on any atom is -0.388 e. The van der Waals surface area contributed by atoms with Gasteiger partial charge in [0, 0.05) is 6.54 Å². The number of carbonyl (C=O) groups is 1. The molecular weight excluding hydrogens is 242 g/mol. The predicted molar refractivity (Wildman–Crippen MR) is 72.6 cm³/mol. The first kappa shape index (κ1) is 14.0. The Morgan fingerprint density at radius 3 is 2.79 bits per heavy atom. The Morgan fingerprint density at radius 1 is 1.42 bits per heavy atom. The summed E-state index contributed by atoms with van der Waals surface area (Å²) < 4.78 is 5.50. The van der Waals surface area contributed by atoms with Crippen molar-refractivity contribution in [3.05, 3.63) is 35.9 Å². The highest BCUT2D eigenvalue weighted by Gasteiger charge is 2.30. The fourth-order valence-electron chi connectivity index (χ4n) is 2.36. The van der Waals surface area contributed by atoms with E-state index in [-0.39, 0.29) is 24.5 Å². The molecule has 3 atom stereocenters. The van der Waals surface area contributed by atoms with Crippen molar-refractivity contribution in [1.29, 1.82) is 0 Å². The number of hydrogen-bond donors (Lipinski definition) is 1. The number of aliphatic hydroxyl groups excluding tert-OH is 1. The summed E-state index contributed by atoms with van der Waals surface area (Å²) in [5.74, 6) is -0.0148. The quantitative estimate of drug-likeness (QED) is 0.903. The Balaban J connectivity index is 1.97. The molecule has 2 rings (SSSR count). The number of hydrogen-bond acceptors (Lipinski definition) is 3. The van der Waals surface area contributed by atoms with Crippen LogP contribution in [0.3, 0.4) is 0 Å². The van der Waals surface area contributed by atoms with Crippen molar-refractivity contribution < 1.29 is 14.6 Å². The number of aliphatic hydroxyl groups is 1. The van der Waals surface area contributed by atoms with E-state index in [0.717, 1.165) is 5.56 Å². The molecule has 19 heavy (non-hydrogen) atoms. The van der Waals surface area contributed by atoms with Crippen LogP contribution in [0.4, 0.5) is 0 Å². The predicted octanol–water partition coefficient (Wildman–Crippen LogP) is 1.75. The summed E-state index contributed by atoms with van der Waals surface area (Å²) in [5.41, 5.74) is 0.782. The third kappa shape index (κ3) is 3.33. The number of ether oxygens (including phenoxy) is 1. The highest BCUT2D eigenvalue weighted by molar-refractivity contribution is 5.77. The molecular formula is C15H21NO3. The number of benzene rings is 1. The molecule has 4 nitrogen and oxygen atoms in total. The van der Waals surface area contributed by atoms with Crippen LogP contribution in [0, 0.1) is 0 Å². The van der Waals surface area contributed by atoms with Crippen LogP contribution < -0.4 is 0 Å². The molecule has 0 radical (unpaired) electrons. The molecule has 0 aliphatic carbocycles. The van der Waals surface area contributed by atoms with Crippen molar-refractivity contribution in [1.82, 2.24) is 4.90 Å². The van der Waals surface area contributed by atoms with Gasteiger partial charge >= 0.3 is 0 Å². The van der Waals surface area contributed by atoms with Crippen LogP contribution in [0.15, 0.2) is 30.3 Å². The molecule has 1 aliphatic heterocycles. The maximum Gasteiger partial charge on any atom is 0.225 e. The molecule has 1 aromatic rings. The van der Waals surface area contributed by atoms with Crippen LogP contribution >= 0.6 is 0 Å². The maximum atomic E-state index is 12.2. The van der Waals surface area contributed by atoms with Gasteiger partial charge < -0.3 is 14.7 Å². The van der Waals surface area contributed by atoms with E-state index in [0.29, 0.717) is 13.2 Å². The molecule has 3 unspecified atom stereocenters. The van der Waals surface area contributed by atoms with Crippen LogP contribution in [0.25, 0.3) is 0 Å². The van der Waals surface area contributed by atoms with E-state index >= 15 is 0 Å². The number of rotatable bonds is 3. The van der Waals surface area contributed by atoms with E-state index < -0.39 is 6.10 Å². The molecule has 0 saturated carbocycles. The number of nitrogens with zero attached hydrogens (tertiary/aromatic N) is 1. The second kappa shape index (κ2) is 6.17. The molecule has 0 spiro atoms. The van der Waals surface area contributed by atoms with E-state index in [1.807, 2.05) is 44.2 Å². The Hall–Kier alpha value is -1.39. The van der Waals surface area contributed by atoms with Gasteiger partial charge in [0.15, 0.2) is 0 Å². The fraction of sp³-hybridized carbons (Fsp3) is 0.533. The minimum atomic E-state index is -0.737. The summed E-state index contributed by atoms with van der Waals surface area (Å²) in [6.45, 7) is 5.12. The fourth-order valence-corrected chi connectivity index (χ4v) is 2.36. The van der Waals surface area contributed by atoms with Crippen molar-refractivity contribution in [2.24, 2.45) is 0 Å². The Bertz CT molecular complexity index is 421. The van der Waals surface area contributed by atoms with E-state index in [2.05, 4.69) is 0 Å². The SMILES string of the molecule is CC1OCCN(C(=O)CC(O)c2ccccc2)C1C. The van der Waals surface area contributed by atoms with Crippen molar-refractivity contribution in [3.63, 3.8) is 0 Å². The van der Waals surface area contributed by atoms with E-state index in [1.54, 1.807) is 4.90 Å². The molecule has 1 saturated heterocycles. The largest absolute Gasteiger partial charge is 0.388 e. The second-order valence-corrected chi connectivity index (χ2v) is 5.03. The van der Waals surface area contributed by atoms with Gasteiger partial charge in [0.2, 0.25) is 5.91 Å². The molecule has 0 aromatic heterocycles. The van der Waals surface area contributed by atoms with Gasteiger partial charge in [-0.3, -0.25) is 4.79 Å². The standard InChI is InChI=1S/C15H21NO3/c1-11-12(2)19-9-8-16(11)15(18)10-14(17)13-6-4-3-5-7-13/h3-7,11-12,14,17H,8-10H2,1-2H3. The summed E-state index contributed by atoms with van der Waals surface area (Å²) in [6, 6.07) is 9.35. The maximum absolute atomic E-state index is 12.2. The van der Waals surface area contributed by atoms with Gasteiger partial charge in [-0.25, -0.2) is 0 Å². The zero-order valence-corrected chi connectivity index (χ0v) is 11.5. The third-order valence-electron chi connectivity index (χ3n) is 3.76. The lowest BCUT2D eigenvalue weighted by Gasteiger charge is -2.38. The molecule has 0 bridgehead atoms. The molecule has 1 fully saturated rings. The number of carbonyl (C=O) groups excluding carboxylic acids is 1. The van der Waals surface area contributed by atoms with Gasteiger partial charge in [-0.2, -0.15) is 0 Å². The number of morpholine rings is 1. The van der Waals surface area contributed by atoms with Gasteiger partial charge in [0.1, 0.15) is 0 Å². The molecule has 1 amide bonds. The lowest BCUT2D eigenvalue weighted by Crippen LogP contribution is -2.51. The van der Waals surface area contributed by atoms with Gasteiger partial charge in [0.05, 0.1) is 31.3 Å². The molecule has 1 aliphatic rings. The molecule has 4 heteroatoms. The van der Waals surface area contributed by atoms with Crippen LogP contribution in [0.2, 0.25) is 0 Å². The lowest BCUT2D eigenvalue weighted by molar-refractivity contribution is -0.146. The lowest BCUT2D eigenvalue weighted by atomic mass is 10.0. The topological polar surface area (TPSA) is 49.8 Å². The molecule has 104 valence electrons. The van der Waals surface area contributed by atoms with Crippen LogP contribution in [0.5, 0.6) is 0 Å². The first-order valence-corrected chi connectivity index (χ1v) is 6.73. The van der Waals surface area contributed by atoms with E-state index in [4.69, 9.17) is 4.74 Å². The zero-order chi connectivity index (χ0) is 13.8.